The predicted octanol–water partition coefficient (Wildman–Crippen LogP) is 1.28. The lowest BCUT2D eigenvalue weighted by atomic mass is 10.1. The molecule has 24 heavy (non-hydrogen) atoms. The Morgan fingerprint density at radius 2 is 1.75 bits per heavy atom. The van der Waals surface area contributed by atoms with Crippen molar-refractivity contribution in [1.29, 1.82) is 0 Å². The lowest BCUT2D eigenvalue weighted by Crippen LogP contribution is -2.25. The van der Waals surface area contributed by atoms with E-state index in [-0.39, 0.29) is 30.5 Å². The average molecular weight is 355 g/mol. The fourth-order valence-corrected chi connectivity index (χ4v) is 3.90. The zero-order valence-electron chi connectivity index (χ0n) is 13.9. The summed E-state index contributed by atoms with van der Waals surface area (Å²) in [6, 6.07) is 3.42. The number of carbonyl (C=O) groups is 1. The van der Waals surface area contributed by atoms with Gasteiger partial charge < -0.3 is 19.5 Å². The molecule has 1 amide bonds. The van der Waals surface area contributed by atoms with E-state index in [1.807, 2.05) is 0 Å². The van der Waals surface area contributed by atoms with E-state index in [1.54, 1.807) is 18.2 Å². The number of hydrogen-bond acceptors (Lipinski definition) is 6. The van der Waals surface area contributed by atoms with Crippen molar-refractivity contribution in [1.82, 2.24) is 5.32 Å². The van der Waals surface area contributed by atoms with E-state index < -0.39 is 9.84 Å². The molecule has 1 atom stereocenters. The lowest BCUT2D eigenvalue weighted by molar-refractivity contribution is -0.121. The van der Waals surface area contributed by atoms with Crippen LogP contribution in [0.25, 0.3) is 0 Å². The Morgan fingerprint density at radius 3 is 2.29 bits per heavy atom. The fourth-order valence-electron chi connectivity index (χ4n) is 2.50. The molecule has 2 rings (SSSR count). The van der Waals surface area contributed by atoms with E-state index in [0.717, 1.165) is 5.56 Å². The number of sulfone groups is 1. The average Bonchev–Trinajstić information content (AvgIpc) is 2.90. The van der Waals surface area contributed by atoms with E-state index in [1.165, 1.54) is 26.7 Å². The summed E-state index contributed by atoms with van der Waals surface area (Å²) in [4.78, 5) is 12.0. The second-order valence-electron chi connectivity index (χ2n) is 5.42. The molecule has 0 fully saturated rings. The van der Waals surface area contributed by atoms with Crippen LogP contribution in [-0.2, 0) is 21.2 Å². The normalized spacial score (nSPS) is 18.2. The minimum absolute atomic E-state index is 0.0138. The van der Waals surface area contributed by atoms with E-state index in [0.29, 0.717) is 17.2 Å². The quantitative estimate of drug-likeness (QED) is 0.792. The van der Waals surface area contributed by atoms with Gasteiger partial charge in [-0.15, -0.1) is 0 Å². The molecule has 8 heteroatoms. The van der Waals surface area contributed by atoms with Gasteiger partial charge in [0.1, 0.15) is 5.75 Å². The van der Waals surface area contributed by atoms with Gasteiger partial charge in [0, 0.05) is 35.9 Å². The van der Waals surface area contributed by atoms with Crippen molar-refractivity contribution < 1.29 is 27.4 Å². The highest BCUT2D eigenvalue weighted by Crippen LogP contribution is 2.34. The number of hydrogen-bond donors (Lipinski definition) is 1. The van der Waals surface area contributed by atoms with E-state index in [2.05, 4.69) is 5.32 Å². The molecule has 1 aromatic rings. The molecule has 1 N–H and O–H groups in total. The highest BCUT2D eigenvalue weighted by Gasteiger charge is 2.24. The molecule has 0 aromatic heterocycles. The van der Waals surface area contributed by atoms with Gasteiger partial charge in [0.05, 0.1) is 27.1 Å². The first-order valence-corrected chi connectivity index (χ1v) is 9.06. The molecule has 0 unspecified atom stereocenters. The number of carbonyl (C=O) groups excluding carboxylic acids is 1. The van der Waals surface area contributed by atoms with Crippen LogP contribution in [0.4, 0.5) is 0 Å². The van der Waals surface area contributed by atoms with Crippen LogP contribution in [0.2, 0.25) is 0 Å². The van der Waals surface area contributed by atoms with Crippen LogP contribution in [0.15, 0.2) is 23.6 Å². The highest BCUT2D eigenvalue weighted by molar-refractivity contribution is 7.94. The van der Waals surface area contributed by atoms with Crippen LogP contribution in [-0.4, -0.2) is 41.4 Å². The topological polar surface area (TPSA) is 90.9 Å². The van der Waals surface area contributed by atoms with Gasteiger partial charge >= 0.3 is 0 Å². The summed E-state index contributed by atoms with van der Waals surface area (Å²) in [5.41, 5.74) is 0.734. The van der Waals surface area contributed by atoms with Crippen molar-refractivity contribution in [3.8, 4) is 17.2 Å². The van der Waals surface area contributed by atoms with Crippen molar-refractivity contribution in [2.24, 2.45) is 5.92 Å². The Morgan fingerprint density at radius 1 is 1.12 bits per heavy atom. The Bertz CT molecular complexity index is 741. The second-order valence-corrected chi connectivity index (χ2v) is 7.35. The molecule has 1 aromatic carbocycles. The largest absolute Gasteiger partial charge is 0.496 e. The Hall–Kier alpha value is -2.22. The number of ether oxygens (including phenoxy) is 3. The van der Waals surface area contributed by atoms with Crippen LogP contribution < -0.4 is 19.5 Å². The maximum absolute atomic E-state index is 12.0. The second kappa shape index (κ2) is 7.57. The molecule has 0 spiro atoms. The molecule has 0 aliphatic carbocycles. The van der Waals surface area contributed by atoms with Gasteiger partial charge in [-0.3, -0.25) is 4.79 Å². The fraction of sp³-hybridized carbons (Fsp3) is 0.438. The van der Waals surface area contributed by atoms with Crippen LogP contribution in [0, 0.1) is 5.92 Å². The van der Waals surface area contributed by atoms with Gasteiger partial charge in [-0.2, -0.15) is 0 Å². The van der Waals surface area contributed by atoms with Crippen molar-refractivity contribution in [2.45, 2.75) is 13.0 Å². The minimum atomic E-state index is -3.15. The molecule has 0 radical (unpaired) electrons. The van der Waals surface area contributed by atoms with Crippen molar-refractivity contribution >= 4 is 15.7 Å². The standard InChI is InChI=1S/C16H21NO6S/c1-21-13-8-15(23-3)14(22-2)7-12(13)9-17-16(18)6-11-4-5-24(19,20)10-11/h4-5,7-8,11H,6,9-10H2,1-3H3,(H,17,18)/t11-/m1/s1. The van der Waals surface area contributed by atoms with Gasteiger partial charge in [-0.05, 0) is 6.07 Å². The molecule has 1 heterocycles. The van der Waals surface area contributed by atoms with Crippen LogP contribution >= 0.6 is 0 Å². The van der Waals surface area contributed by atoms with Gasteiger partial charge in [0.15, 0.2) is 21.3 Å². The predicted molar refractivity (Wildman–Crippen MR) is 89.0 cm³/mol. The first-order valence-electron chi connectivity index (χ1n) is 7.35. The third kappa shape index (κ3) is 4.41. The summed E-state index contributed by atoms with van der Waals surface area (Å²) in [5, 5.41) is 3.94. The number of nitrogens with one attached hydrogen (secondary N) is 1. The Labute approximate surface area is 141 Å². The zero-order chi connectivity index (χ0) is 17.7. The minimum Gasteiger partial charge on any atom is -0.496 e. The Balaban J connectivity index is 2.00. The van der Waals surface area contributed by atoms with Crippen molar-refractivity contribution in [3.63, 3.8) is 0 Å². The molecular formula is C16H21NO6S. The van der Waals surface area contributed by atoms with E-state index in [4.69, 9.17) is 14.2 Å². The lowest BCUT2D eigenvalue weighted by Gasteiger charge is -2.15. The third-order valence-electron chi connectivity index (χ3n) is 3.71. The summed E-state index contributed by atoms with van der Waals surface area (Å²) in [6.07, 6.45) is 1.69. The number of allylic oxidation sites excluding steroid dienone is 1. The summed E-state index contributed by atoms with van der Waals surface area (Å²) >= 11 is 0. The highest BCUT2D eigenvalue weighted by atomic mass is 32.2. The van der Waals surface area contributed by atoms with Gasteiger partial charge in [-0.1, -0.05) is 6.08 Å². The van der Waals surface area contributed by atoms with Crippen LogP contribution in [0.5, 0.6) is 17.2 Å². The van der Waals surface area contributed by atoms with Crippen LogP contribution in [0.3, 0.4) is 0 Å². The Kier molecular flexibility index (Phi) is 5.71. The molecule has 7 nitrogen and oxygen atoms in total. The number of amides is 1. The monoisotopic (exact) mass is 355 g/mol. The molecule has 0 bridgehead atoms. The number of rotatable bonds is 7. The van der Waals surface area contributed by atoms with E-state index in [9.17, 15) is 13.2 Å². The zero-order valence-corrected chi connectivity index (χ0v) is 14.7. The summed E-state index contributed by atoms with van der Waals surface area (Å²) in [7, 11) is 1.44. The number of methoxy groups -OCH3 is 3. The molecule has 1 aliphatic rings. The molecular weight excluding hydrogens is 334 g/mol. The first-order chi connectivity index (χ1) is 11.4. The van der Waals surface area contributed by atoms with Crippen molar-refractivity contribution in [3.05, 3.63) is 29.2 Å². The maximum Gasteiger partial charge on any atom is 0.220 e. The van der Waals surface area contributed by atoms with Gasteiger partial charge in [0.25, 0.3) is 0 Å². The SMILES string of the molecule is COc1cc(OC)c(OC)cc1CNC(=O)C[C@H]1C=CS(=O)(=O)C1. The van der Waals surface area contributed by atoms with Gasteiger partial charge in [0.2, 0.25) is 5.91 Å². The molecule has 0 saturated carbocycles. The summed E-state index contributed by atoms with van der Waals surface area (Å²) < 4.78 is 38.5. The van der Waals surface area contributed by atoms with Crippen molar-refractivity contribution in [2.75, 3.05) is 27.1 Å². The molecule has 1 aliphatic heterocycles. The number of benzene rings is 1. The third-order valence-corrected chi connectivity index (χ3v) is 5.18. The molecule has 0 saturated heterocycles. The maximum atomic E-state index is 12.0. The smallest absolute Gasteiger partial charge is 0.220 e. The summed E-state index contributed by atoms with van der Waals surface area (Å²) in [6.45, 7) is 0.242. The summed E-state index contributed by atoms with van der Waals surface area (Å²) in [5.74, 6) is 1.12. The molecule has 132 valence electrons. The van der Waals surface area contributed by atoms with Gasteiger partial charge in [-0.25, -0.2) is 8.42 Å². The van der Waals surface area contributed by atoms with Crippen LogP contribution in [0.1, 0.15) is 12.0 Å². The van der Waals surface area contributed by atoms with E-state index >= 15 is 0 Å². The first kappa shape index (κ1) is 18.1.